The van der Waals surface area contributed by atoms with Gasteiger partial charge >= 0.3 is 0 Å². The quantitative estimate of drug-likeness (QED) is 0.831. The van der Waals surface area contributed by atoms with Gasteiger partial charge in [0.05, 0.1) is 0 Å². The van der Waals surface area contributed by atoms with Gasteiger partial charge in [0.1, 0.15) is 16.6 Å². The molecule has 2 rings (SSSR count). The zero-order chi connectivity index (χ0) is 14.5. The lowest BCUT2D eigenvalue weighted by Gasteiger charge is -2.11. The minimum Gasteiger partial charge on any atom is -0.389 e. The largest absolute Gasteiger partial charge is 0.389 e. The van der Waals surface area contributed by atoms with Gasteiger partial charge in [-0.3, -0.25) is 0 Å². The molecule has 104 valence electrons. The molecule has 0 spiro atoms. The molecule has 0 saturated heterocycles. The van der Waals surface area contributed by atoms with Crippen molar-refractivity contribution in [3.63, 3.8) is 0 Å². The third-order valence-electron chi connectivity index (χ3n) is 2.87. The van der Waals surface area contributed by atoms with E-state index in [-0.39, 0.29) is 16.6 Å². The van der Waals surface area contributed by atoms with E-state index in [0.717, 1.165) is 5.56 Å². The highest BCUT2D eigenvalue weighted by atomic mass is 32.1. The normalized spacial score (nSPS) is 10.3. The van der Waals surface area contributed by atoms with E-state index >= 15 is 0 Å². The number of hydrogen-bond donors (Lipinski definition) is 2. The summed E-state index contributed by atoms with van der Waals surface area (Å²) in [6, 6.07) is 10.6. The Morgan fingerprint density at radius 3 is 2.55 bits per heavy atom. The highest BCUT2D eigenvalue weighted by molar-refractivity contribution is 7.80. The molecule has 0 bridgehead atoms. The van der Waals surface area contributed by atoms with Crippen molar-refractivity contribution >= 4 is 22.9 Å². The summed E-state index contributed by atoms with van der Waals surface area (Å²) in [5, 5.41) is 3.13. The van der Waals surface area contributed by atoms with E-state index in [1.165, 1.54) is 24.3 Å². The van der Waals surface area contributed by atoms with E-state index in [4.69, 9.17) is 18.0 Å². The van der Waals surface area contributed by atoms with Gasteiger partial charge in [0.25, 0.3) is 0 Å². The van der Waals surface area contributed by atoms with E-state index < -0.39 is 0 Å². The maximum absolute atomic E-state index is 13.2. The van der Waals surface area contributed by atoms with E-state index in [2.05, 4.69) is 5.32 Å². The van der Waals surface area contributed by atoms with Crippen molar-refractivity contribution in [3.8, 4) is 0 Å². The van der Waals surface area contributed by atoms with Crippen LogP contribution in [-0.2, 0) is 6.42 Å². The number of rotatable bonds is 5. The molecule has 5 heteroatoms. The number of nitrogens with two attached hydrogens (primary N) is 1. The minimum atomic E-state index is -0.386. The van der Waals surface area contributed by atoms with Gasteiger partial charge in [0, 0.05) is 17.8 Å². The molecule has 2 aromatic carbocycles. The molecule has 0 fully saturated rings. The first-order valence-electron chi connectivity index (χ1n) is 6.14. The number of halogens is 2. The van der Waals surface area contributed by atoms with Gasteiger partial charge in [0.2, 0.25) is 0 Å². The van der Waals surface area contributed by atoms with Gasteiger partial charge < -0.3 is 11.1 Å². The molecule has 0 heterocycles. The van der Waals surface area contributed by atoms with Gasteiger partial charge in [-0.1, -0.05) is 24.4 Å². The summed E-state index contributed by atoms with van der Waals surface area (Å²) < 4.78 is 26.2. The molecule has 0 amide bonds. The zero-order valence-corrected chi connectivity index (χ0v) is 11.5. The van der Waals surface area contributed by atoms with Crippen molar-refractivity contribution in [1.82, 2.24) is 0 Å². The summed E-state index contributed by atoms with van der Waals surface area (Å²) in [6.45, 7) is 0.574. The van der Waals surface area contributed by atoms with Gasteiger partial charge in [-0.25, -0.2) is 8.78 Å². The SMILES string of the molecule is NC(=S)c1cc(F)ccc1NCCc1cccc(F)c1. The van der Waals surface area contributed by atoms with Crippen LogP contribution < -0.4 is 11.1 Å². The number of hydrogen-bond acceptors (Lipinski definition) is 2. The fourth-order valence-electron chi connectivity index (χ4n) is 1.91. The summed E-state index contributed by atoms with van der Waals surface area (Å²) >= 11 is 4.89. The molecule has 0 aliphatic rings. The summed E-state index contributed by atoms with van der Waals surface area (Å²) in [4.78, 5) is 0.137. The number of benzene rings is 2. The summed E-state index contributed by atoms with van der Waals surface area (Å²) in [6.07, 6.45) is 0.645. The first kappa shape index (κ1) is 14.4. The molecule has 0 unspecified atom stereocenters. The monoisotopic (exact) mass is 292 g/mol. The molecule has 0 radical (unpaired) electrons. The van der Waals surface area contributed by atoms with Crippen LogP contribution >= 0.6 is 12.2 Å². The van der Waals surface area contributed by atoms with Crippen LogP contribution in [0.2, 0.25) is 0 Å². The van der Waals surface area contributed by atoms with E-state index in [1.54, 1.807) is 12.1 Å². The smallest absolute Gasteiger partial charge is 0.124 e. The lowest BCUT2D eigenvalue weighted by molar-refractivity contribution is 0.625. The van der Waals surface area contributed by atoms with Gasteiger partial charge in [-0.05, 0) is 42.3 Å². The molecule has 0 atom stereocenters. The van der Waals surface area contributed by atoms with E-state index in [0.29, 0.717) is 24.2 Å². The summed E-state index contributed by atoms with van der Waals surface area (Å²) in [7, 11) is 0. The van der Waals surface area contributed by atoms with Crippen molar-refractivity contribution in [1.29, 1.82) is 0 Å². The molecular formula is C15H14F2N2S. The topological polar surface area (TPSA) is 38.0 Å². The standard InChI is InChI=1S/C15H14F2N2S/c16-11-3-1-2-10(8-11)6-7-19-14-5-4-12(17)9-13(14)15(18)20/h1-5,8-9,19H,6-7H2,(H2,18,20). The molecule has 20 heavy (non-hydrogen) atoms. The lowest BCUT2D eigenvalue weighted by atomic mass is 10.1. The first-order valence-corrected chi connectivity index (χ1v) is 6.55. The zero-order valence-electron chi connectivity index (χ0n) is 10.7. The predicted molar refractivity (Wildman–Crippen MR) is 80.9 cm³/mol. The Balaban J connectivity index is 2.02. The fraction of sp³-hybridized carbons (Fsp3) is 0.133. The fourth-order valence-corrected chi connectivity index (χ4v) is 2.08. The summed E-state index contributed by atoms with van der Waals surface area (Å²) in [5.74, 6) is -0.642. The number of thiocarbonyl (C=S) groups is 1. The second kappa shape index (κ2) is 6.43. The average Bonchev–Trinajstić information content (AvgIpc) is 2.40. The highest BCUT2D eigenvalue weighted by Gasteiger charge is 2.06. The molecule has 0 aromatic heterocycles. The lowest BCUT2D eigenvalue weighted by Crippen LogP contribution is -2.15. The van der Waals surface area contributed by atoms with Crippen molar-refractivity contribution < 1.29 is 8.78 Å². The average molecular weight is 292 g/mol. The van der Waals surface area contributed by atoms with Crippen LogP contribution in [0.4, 0.5) is 14.5 Å². The molecular weight excluding hydrogens is 278 g/mol. The first-order chi connectivity index (χ1) is 9.56. The Labute approximate surface area is 121 Å². The second-order valence-corrected chi connectivity index (χ2v) is 4.80. The van der Waals surface area contributed by atoms with Gasteiger partial charge in [0.15, 0.2) is 0 Å². The van der Waals surface area contributed by atoms with Crippen molar-refractivity contribution in [3.05, 3.63) is 65.2 Å². The Hall–Kier alpha value is -2.01. The van der Waals surface area contributed by atoms with Crippen LogP contribution in [0.1, 0.15) is 11.1 Å². The van der Waals surface area contributed by atoms with E-state index in [1.807, 2.05) is 6.07 Å². The van der Waals surface area contributed by atoms with Gasteiger partial charge in [-0.2, -0.15) is 0 Å². The Morgan fingerprint density at radius 2 is 1.85 bits per heavy atom. The van der Waals surface area contributed by atoms with E-state index in [9.17, 15) is 8.78 Å². The van der Waals surface area contributed by atoms with Crippen molar-refractivity contribution in [2.24, 2.45) is 5.73 Å². The Bertz CT molecular complexity index is 629. The summed E-state index contributed by atoms with van der Waals surface area (Å²) in [5.41, 5.74) is 7.59. The maximum atomic E-state index is 13.2. The van der Waals surface area contributed by atoms with Crippen molar-refractivity contribution in [2.75, 3.05) is 11.9 Å². The third-order valence-corrected chi connectivity index (χ3v) is 3.09. The second-order valence-electron chi connectivity index (χ2n) is 4.36. The Morgan fingerprint density at radius 1 is 1.10 bits per heavy atom. The van der Waals surface area contributed by atoms with Crippen LogP contribution in [0, 0.1) is 11.6 Å². The maximum Gasteiger partial charge on any atom is 0.124 e. The van der Waals surface area contributed by atoms with Crippen LogP contribution in [0.25, 0.3) is 0 Å². The van der Waals surface area contributed by atoms with Crippen molar-refractivity contribution in [2.45, 2.75) is 6.42 Å². The third kappa shape index (κ3) is 3.74. The molecule has 3 N–H and O–H groups in total. The molecule has 0 aliphatic carbocycles. The number of anilines is 1. The molecule has 2 nitrogen and oxygen atoms in total. The van der Waals surface area contributed by atoms with Crippen LogP contribution in [-0.4, -0.2) is 11.5 Å². The molecule has 0 saturated carbocycles. The van der Waals surface area contributed by atoms with Crippen LogP contribution in [0.15, 0.2) is 42.5 Å². The highest BCUT2D eigenvalue weighted by Crippen LogP contribution is 2.17. The molecule has 2 aromatic rings. The molecule has 0 aliphatic heterocycles. The predicted octanol–water partition coefficient (Wildman–Crippen LogP) is 3.25. The van der Waals surface area contributed by atoms with Crippen LogP contribution in [0.3, 0.4) is 0 Å². The Kier molecular flexibility index (Phi) is 4.63. The van der Waals surface area contributed by atoms with Gasteiger partial charge in [-0.15, -0.1) is 0 Å². The number of nitrogens with one attached hydrogen (secondary N) is 1. The van der Waals surface area contributed by atoms with Crippen LogP contribution in [0.5, 0.6) is 0 Å². The minimum absolute atomic E-state index is 0.137.